The van der Waals surface area contributed by atoms with E-state index >= 15 is 0 Å². The molecule has 1 aliphatic heterocycles. The first-order valence-electron chi connectivity index (χ1n) is 8.21. The number of hydrogen-bond acceptors (Lipinski definition) is 2. The van der Waals surface area contributed by atoms with Gasteiger partial charge in [0.15, 0.2) is 0 Å². The fourth-order valence-electron chi connectivity index (χ4n) is 3.38. The topological polar surface area (TPSA) is 32.3 Å². The Hall–Kier alpha value is -1.35. The van der Waals surface area contributed by atoms with Crippen LogP contribution < -0.4 is 10.2 Å². The minimum Gasteiger partial charge on any atom is -0.317 e. The maximum atomic E-state index is 13.1. The normalized spacial score (nSPS) is 17.5. The molecule has 1 aromatic carbocycles. The number of nitrogens with one attached hydrogen (secondary N) is 1. The van der Waals surface area contributed by atoms with Gasteiger partial charge in [0.1, 0.15) is 0 Å². The zero-order valence-electron chi connectivity index (χ0n) is 13.6. The minimum absolute atomic E-state index is 0.168. The van der Waals surface area contributed by atoms with Gasteiger partial charge in [-0.25, -0.2) is 0 Å². The van der Waals surface area contributed by atoms with Crippen LogP contribution in [0.1, 0.15) is 45.1 Å². The SMILES string of the molecule is CCCC1(C(=O)N(C)c2ccc(CC)cc2)CCNCC1. The van der Waals surface area contributed by atoms with Gasteiger partial charge in [0.2, 0.25) is 5.91 Å². The van der Waals surface area contributed by atoms with Gasteiger partial charge in [-0.15, -0.1) is 0 Å². The fourth-order valence-corrected chi connectivity index (χ4v) is 3.38. The van der Waals surface area contributed by atoms with Crippen molar-refractivity contribution < 1.29 is 4.79 Å². The number of aryl methyl sites for hydroxylation is 1. The quantitative estimate of drug-likeness (QED) is 0.901. The highest BCUT2D eigenvalue weighted by Gasteiger charge is 2.40. The minimum atomic E-state index is -0.168. The lowest BCUT2D eigenvalue weighted by atomic mass is 9.74. The van der Waals surface area contributed by atoms with Crippen LogP contribution in [-0.4, -0.2) is 26.0 Å². The molecule has 1 saturated heterocycles. The highest BCUT2D eigenvalue weighted by Crippen LogP contribution is 2.37. The summed E-state index contributed by atoms with van der Waals surface area (Å²) in [5.41, 5.74) is 2.15. The smallest absolute Gasteiger partial charge is 0.233 e. The Kier molecular flexibility index (Phi) is 5.40. The number of benzene rings is 1. The Morgan fingerprint density at radius 2 is 1.81 bits per heavy atom. The van der Waals surface area contributed by atoms with Gasteiger partial charge in [-0.05, 0) is 56.5 Å². The van der Waals surface area contributed by atoms with Crippen LogP contribution in [-0.2, 0) is 11.2 Å². The van der Waals surface area contributed by atoms with Crippen LogP contribution >= 0.6 is 0 Å². The third kappa shape index (κ3) is 3.46. The van der Waals surface area contributed by atoms with Crippen molar-refractivity contribution in [3.63, 3.8) is 0 Å². The molecule has 3 nitrogen and oxygen atoms in total. The van der Waals surface area contributed by atoms with Gasteiger partial charge in [0.05, 0.1) is 5.41 Å². The van der Waals surface area contributed by atoms with Gasteiger partial charge in [-0.3, -0.25) is 4.79 Å². The second-order valence-electron chi connectivity index (χ2n) is 6.16. The van der Waals surface area contributed by atoms with Crippen molar-refractivity contribution in [1.82, 2.24) is 5.32 Å². The molecule has 2 rings (SSSR count). The Balaban J connectivity index is 2.18. The number of anilines is 1. The average Bonchev–Trinajstić information content (AvgIpc) is 2.54. The predicted octanol–water partition coefficient (Wildman–Crippen LogP) is 3.38. The third-order valence-corrected chi connectivity index (χ3v) is 4.78. The van der Waals surface area contributed by atoms with Gasteiger partial charge >= 0.3 is 0 Å². The molecule has 1 aliphatic rings. The van der Waals surface area contributed by atoms with Crippen LogP contribution in [0.3, 0.4) is 0 Å². The van der Waals surface area contributed by atoms with E-state index < -0.39 is 0 Å². The summed E-state index contributed by atoms with van der Waals surface area (Å²) in [5.74, 6) is 0.287. The Labute approximate surface area is 128 Å². The first-order chi connectivity index (χ1) is 10.1. The van der Waals surface area contributed by atoms with Gasteiger partial charge in [-0.2, -0.15) is 0 Å². The molecule has 1 heterocycles. The highest BCUT2D eigenvalue weighted by molar-refractivity contribution is 5.97. The lowest BCUT2D eigenvalue weighted by Gasteiger charge is -2.39. The van der Waals surface area contributed by atoms with Crippen molar-refractivity contribution in [2.75, 3.05) is 25.0 Å². The molecule has 0 unspecified atom stereocenters. The van der Waals surface area contributed by atoms with E-state index in [-0.39, 0.29) is 11.3 Å². The predicted molar refractivity (Wildman–Crippen MR) is 88.7 cm³/mol. The van der Waals surface area contributed by atoms with E-state index in [0.29, 0.717) is 0 Å². The number of hydrogen-bond donors (Lipinski definition) is 1. The van der Waals surface area contributed by atoms with E-state index in [1.807, 2.05) is 11.9 Å². The Morgan fingerprint density at radius 3 is 2.33 bits per heavy atom. The van der Waals surface area contributed by atoms with Crippen LogP contribution in [0.4, 0.5) is 5.69 Å². The fraction of sp³-hybridized carbons (Fsp3) is 0.611. The maximum Gasteiger partial charge on any atom is 0.233 e. The van der Waals surface area contributed by atoms with Gasteiger partial charge < -0.3 is 10.2 Å². The summed E-state index contributed by atoms with van der Waals surface area (Å²) in [6.45, 7) is 6.23. The molecule has 0 radical (unpaired) electrons. The van der Waals surface area contributed by atoms with E-state index in [1.165, 1.54) is 5.56 Å². The van der Waals surface area contributed by atoms with Crippen LogP contribution in [0.2, 0.25) is 0 Å². The summed E-state index contributed by atoms with van der Waals surface area (Å²) in [6, 6.07) is 8.37. The molecule has 0 aliphatic carbocycles. The molecular weight excluding hydrogens is 260 g/mol. The summed E-state index contributed by atoms with van der Waals surface area (Å²) in [4.78, 5) is 14.9. The summed E-state index contributed by atoms with van der Waals surface area (Å²) in [7, 11) is 1.92. The van der Waals surface area contributed by atoms with Crippen molar-refractivity contribution in [1.29, 1.82) is 0 Å². The number of piperidine rings is 1. The molecule has 0 atom stereocenters. The monoisotopic (exact) mass is 288 g/mol. The number of rotatable bonds is 5. The zero-order chi connectivity index (χ0) is 15.3. The molecular formula is C18H28N2O. The summed E-state index contributed by atoms with van der Waals surface area (Å²) >= 11 is 0. The lowest BCUT2D eigenvalue weighted by Crippen LogP contribution is -2.48. The molecule has 1 fully saturated rings. The van der Waals surface area contributed by atoms with Gasteiger partial charge in [-0.1, -0.05) is 32.4 Å². The Morgan fingerprint density at radius 1 is 1.19 bits per heavy atom. The van der Waals surface area contributed by atoms with E-state index in [2.05, 4.69) is 43.4 Å². The molecule has 116 valence electrons. The molecule has 1 N–H and O–H groups in total. The molecule has 21 heavy (non-hydrogen) atoms. The number of nitrogens with zero attached hydrogens (tertiary/aromatic N) is 1. The molecule has 3 heteroatoms. The molecule has 0 bridgehead atoms. The van der Waals surface area contributed by atoms with Crippen molar-refractivity contribution in [3.05, 3.63) is 29.8 Å². The van der Waals surface area contributed by atoms with Gasteiger partial charge in [0.25, 0.3) is 0 Å². The molecule has 0 spiro atoms. The zero-order valence-corrected chi connectivity index (χ0v) is 13.6. The molecule has 1 amide bonds. The second kappa shape index (κ2) is 7.08. The molecule has 0 aromatic heterocycles. The van der Waals surface area contributed by atoms with Gasteiger partial charge in [0, 0.05) is 12.7 Å². The summed E-state index contributed by atoms with van der Waals surface area (Å²) in [5, 5.41) is 3.38. The van der Waals surface area contributed by atoms with Crippen molar-refractivity contribution in [2.24, 2.45) is 5.41 Å². The first-order valence-corrected chi connectivity index (χ1v) is 8.21. The van der Waals surface area contributed by atoms with Crippen molar-refractivity contribution in [3.8, 4) is 0 Å². The Bertz CT molecular complexity index is 455. The summed E-state index contributed by atoms with van der Waals surface area (Å²) in [6.07, 6.45) is 5.00. The van der Waals surface area contributed by atoms with E-state index in [4.69, 9.17) is 0 Å². The molecule has 1 aromatic rings. The number of carbonyl (C=O) groups excluding carboxylic acids is 1. The second-order valence-corrected chi connectivity index (χ2v) is 6.16. The third-order valence-electron chi connectivity index (χ3n) is 4.78. The van der Waals surface area contributed by atoms with E-state index in [1.54, 1.807) is 0 Å². The van der Waals surface area contributed by atoms with E-state index in [9.17, 15) is 4.79 Å². The van der Waals surface area contributed by atoms with Crippen molar-refractivity contribution >= 4 is 11.6 Å². The average molecular weight is 288 g/mol. The number of carbonyl (C=O) groups is 1. The van der Waals surface area contributed by atoms with E-state index in [0.717, 1.165) is 50.9 Å². The lowest BCUT2D eigenvalue weighted by molar-refractivity contribution is -0.130. The highest BCUT2D eigenvalue weighted by atomic mass is 16.2. The van der Waals surface area contributed by atoms with Crippen LogP contribution in [0.5, 0.6) is 0 Å². The first kappa shape index (κ1) is 16.0. The van der Waals surface area contributed by atoms with Crippen molar-refractivity contribution in [2.45, 2.75) is 46.0 Å². The van der Waals surface area contributed by atoms with Crippen LogP contribution in [0.15, 0.2) is 24.3 Å². The number of amides is 1. The summed E-state index contributed by atoms with van der Waals surface area (Å²) < 4.78 is 0. The largest absolute Gasteiger partial charge is 0.317 e. The maximum absolute atomic E-state index is 13.1. The standard InChI is InChI=1S/C18H28N2O/c1-4-10-18(11-13-19-14-12-18)17(21)20(3)16-8-6-15(5-2)7-9-16/h6-9,19H,4-5,10-14H2,1-3H3. The van der Waals surface area contributed by atoms with Crippen LogP contribution in [0, 0.1) is 5.41 Å². The molecule has 0 saturated carbocycles. The van der Waals surface area contributed by atoms with Crippen LogP contribution in [0.25, 0.3) is 0 Å².